The Morgan fingerprint density at radius 3 is 2.64 bits per heavy atom. The fraction of sp³-hybridized carbons (Fsp3) is 0.400. The van der Waals surface area contributed by atoms with Crippen LogP contribution in [-0.2, 0) is 4.74 Å². The molecule has 0 fully saturated rings. The van der Waals surface area contributed by atoms with Crippen LogP contribution in [0.15, 0.2) is 18.2 Å². The molecule has 0 saturated heterocycles. The van der Waals surface area contributed by atoms with Crippen LogP contribution in [-0.4, -0.2) is 20.8 Å². The largest absolute Gasteiger partial charge is 0.495 e. The zero-order valence-electron chi connectivity index (χ0n) is 8.29. The second-order valence-corrected chi connectivity index (χ2v) is 3.23. The van der Waals surface area contributed by atoms with E-state index in [1.54, 1.807) is 20.3 Å². The molecular weight excluding hydrogens is 202 g/mol. The summed E-state index contributed by atoms with van der Waals surface area (Å²) in [6.07, 6.45) is -0.177. The predicted octanol–water partition coefficient (Wildman–Crippen LogP) is 1.99. The lowest BCUT2D eigenvalue weighted by Crippen LogP contribution is -2.15. The van der Waals surface area contributed by atoms with Crippen molar-refractivity contribution in [2.75, 3.05) is 20.8 Å². The molecule has 1 aromatic carbocycles. The van der Waals surface area contributed by atoms with E-state index >= 15 is 0 Å². The molecule has 78 valence electrons. The van der Waals surface area contributed by atoms with Crippen LogP contribution in [0.4, 0.5) is 0 Å². The van der Waals surface area contributed by atoms with E-state index < -0.39 is 0 Å². The lowest BCUT2D eigenvalue weighted by Gasteiger charge is -2.17. The number of methoxy groups -OCH3 is 2. The van der Waals surface area contributed by atoms with Crippen LogP contribution in [0.5, 0.6) is 5.75 Å². The van der Waals surface area contributed by atoms with E-state index in [1.165, 1.54) is 0 Å². The van der Waals surface area contributed by atoms with E-state index in [2.05, 4.69) is 0 Å². The Morgan fingerprint density at radius 1 is 1.43 bits per heavy atom. The summed E-state index contributed by atoms with van der Waals surface area (Å²) in [5.41, 5.74) is 6.44. The second kappa shape index (κ2) is 5.20. The molecule has 0 aliphatic rings. The van der Waals surface area contributed by atoms with Crippen LogP contribution in [0.25, 0.3) is 0 Å². The molecular formula is C10H14ClNO2. The number of rotatable bonds is 4. The van der Waals surface area contributed by atoms with Crippen LogP contribution in [0.2, 0.25) is 5.02 Å². The van der Waals surface area contributed by atoms with Gasteiger partial charge in [0.1, 0.15) is 5.75 Å². The first-order chi connectivity index (χ1) is 6.74. The SMILES string of the molecule is COc1c(Cl)cccc1C(CN)OC. The maximum absolute atomic E-state index is 5.97. The predicted molar refractivity (Wildman–Crippen MR) is 56.8 cm³/mol. The molecule has 0 heterocycles. The summed E-state index contributed by atoms with van der Waals surface area (Å²) < 4.78 is 10.4. The molecule has 4 heteroatoms. The van der Waals surface area contributed by atoms with Gasteiger partial charge in [0.25, 0.3) is 0 Å². The van der Waals surface area contributed by atoms with Crippen molar-refractivity contribution in [3.63, 3.8) is 0 Å². The summed E-state index contributed by atoms with van der Waals surface area (Å²) in [6, 6.07) is 5.51. The third-order valence-corrected chi connectivity index (χ3v) is 2.34. The van der Waals surface area contributed by atoms with Crippen molar-refractivity contribution in [3.05, 3.63) is 28.8 Å². The van der Waals surface area contributed by atoms with E-state index in [1.807, 2.05) is 12.1 Å². The highest BCUT2D eigenvalue weighted by atomic mass is 35.5. The van der Waals surface area contributed by atoms with E-state index in [0.29, 0.717) is 17.3 Å². The number of benzene rings is 1. The minimum absolute atomic E-state index is 0.177. The first kappa shape index (κ1) is 11.3. The molecule has 1 rings (SSSR count). The monoisotopic (exact) mass is 215 g/mol. The zero-order valence-corrected chi connectivity index (χ0v) is 9.04. The van der Waals surface area contributed by atoms with Crippen LogP contribution in [0, 0.1) is 0 Å². The molecule has 0 aromatic heterocycles. The Hall–Kier alpha value is -0.770. The molecule has 1 atom stereocenters. The molecule has 1 aromatic rings. The lowest BCUT2D eigenvalue weighted by molar-refractivity contribution is 0.108. The van der Waals surface area contributed by atoms with Gasteiger partial charge in [-0.15, -0.1) is 0 Å². The Bertz CT molecular complexity index is 300. The highest BCUT2D eigenvalue weighted by molar-refractivity contribution is 6.32. The maximum atomic E-state index is 5.97. The number of halogens is 1. The van der Waals surface area contributed by atoms with Gasteiger partial charge in [-0.1, -0.05) is 23.7 Å². The highest BCUT2D eigenvalue weighted by Crippen LogP contribution is 2.33. The number of para-hydroxylation sites is 1. The summed E-state index contributed by atoms with van der Waals surface area (Å²) in [5.74, 6) is 0.631. The lowest BCUT2D eigenvalue weighted by atomic mass is 10.1. The number of hydrogen-bond acceptors (Lipinski definition) is 3. The first-order valence-corrected chi connectivity index (χ1v) is 4.67. The molecule has 0 spiro atoms. The van der Waals surface area contributed by atoms with Crippen LogP contribution in [0.3, 0.4) is 0 Å². The van der Waals surface area contributed by atoms with Crippen molar-refractivity contribution in [3.8, 4) is 5.75 Å². The summed E-state index contributed by atoms with van der Waals surface area (Å²) in [6.45, 7) is 0.396. The Labute approximate surface area is 88.8 Å². The molecule has 0 aliphatic heterocycles. The molecule has 2 N–H and O–H groups in total. The van der Waals surface area contributed by atoms with Gasteiger partial charge < -0.3 is 15.2 Å². The van der Waals surface area contributed by atoms with Gasteiger partial charge in [0, 0.05) is 19.2 Å². The average Bonchev–Trinajstić information content (AvgIpc) is 2.20. The Balaban J connectivity index is 3.11. The fourth-order valence-electron chi connectivity index (χ4n) is 1.34. The van der Waals surface area contributed by atoms with E-state index in [4.69, 9.17) is 26.8 Å². The van der Waals surface area contributed by atoms with Gasteiger partial charge in [-0.25, -0.2) is 0 Å². The van der Waals surface area contributed by atoms with Crippen LogP contribution < -0.4 is 10.5 Å². The number of nitrogens with two attached hydrogens (primary N) is 1. The van der Waals surface area contributed by atoms with Gasteiger partial charge in [-0.3, -0.25) is 0 Å². The van der Waals surface area contributed by atoms with Crippen molar-refractivity contribution in [2.45, 2.75) is 6.10 Å². The summed E-state index contributed by atoms with van der Waals surface area (Å²) >= 11 is 5.97. The van der Waals surface area contributed by atoms with Gasteiger partial charge in [-0.05, 0) is 6.07 Å². The first-order valence-electron chi connectivity index (χ1n) is 4.29. The quantitative estimate of drug-likeness (QED) is 0.836. The third kappa shape index (κ3) is 2.18. The maximum Gasteiger partial charge on any atom is 0.143 e. The number of hydrogen-bond donors (Lipinski definition) is 1. The van der Waals surface area contributed by atoms with Gasteiger partial charge in [0.15, 0.2) is 0 Å². The number of ether oxygens (including phenoxy) is 2. The van der Waals surface area contributed by atoms with Crippen molar-refractivity contribution >= 4 is 11.6 Å². The smallest absolute Gasteiger partial charge is 0.143 e. The summed E-state index contributed by atoms with van der Waals surface area (Å²) in [4.78, 5) is 0. The normalized spacial score (nSPS) is 12.6. The molecule has 0 radical (unpaired) electrons. The van der Waals surface area contributed by atoms with Crippen molar-refractivity contribution in [2.24, 2.45) is 5.73 Å². The molecule has 0 saturated carbocycles. The molecule has 1 unspecified atom stereocenters. The standard InChI is InChI=1S/C10H14ClNO2/c1-13-9(6-12)7-4-3-5-8(11)10(7)14-2/h3-5,9H,6,12H2,1-2H3. The topological polar surface area (TPSA) is 44.5 Å². The minimum Gasteiger partial charge on any atom is -0.495 e. The fourth-order valence-corrected chi connectivity index (χ4v) is 1.60. The molecule has 0 aliphatic carbocycles. The second-order valence-electron chi connectivity index (χ2n) is 2.82. The molecule has 0 amide bonds. The Morgan fingerprint density at radius 2 is 2.14 bits per heavy atom. The van der Waals surface area contributed by atoms with Crippen molar-refractivity contribution in [1.82, 2.24) is 0 Å². The molecule has 0 bridgehead atoms. The molecule has 3 nitrogen and oxygen atoms in total. The van der Waals surface area contributed by atoms with E-state index in [-0.39, 0.29) is 6.10 Å². The highest BCUT2D eigenvalue weighted by Gasteiger charge is 2.15. The molecule has 14 heavy (non-hydrogen) atoms. The summed E-state index contributed by atoms with van der Waals surface area (Å²) in [7, 11) is 3.19. The zero-order chi connectivity index (χ0) is 10.6. The third-order valence-electron chi connectivity index (χ3n) is 2.05. The Kier molecular flexibility index (Phi) is 4.20. The average molecular weight is 216 g/mol. The minimum atomic E-state index is -0.177. The van der Waals surface area contributed by atoms with Gasteiger partial charge >= 0.3 is 0 Å². The van der Waals surface area contributed by atoms with Crippen molar-refractivity contribution < 1.29 is 9.47 Å². The van der Waals surface area contributed by atoms with E-state index in [0.717, 1.165) is 5.56 Å². The summed E-state index contributed by atoms with van der Waals surface area (Å²) in [5, 5.41) is 0.570. The van der Waals surface area contributed by atoms with Gasteiger partial charge in [0.05, 0.1) is 18.2 Å². The van der Waals surface area contributed by atoms with Crippen molar-refractivity contribution in [1.29, 1.82) is 0 Å². The van der Waals surface area contributed by atoms with Crippen LogP contribution >= 0.6 is 11.6 Å². The van der Waals surface area contributed by atoms with Crippen LogP contribution in [0.1, 0.15) is 11.7 Å². The van der Waals surface area contributed by atoms with E-state index in [9.17, 15) is 0 Å². The van der Waals surface area contributed by atoms with Gasteiger partial charge in [-0.2, -0.15) is 0 Å². The van der Waals surface area contributed by atoms with Gasteiger partial charge in [0.2, 0.25) is 0 Å².